The molecule has 3 rings (SSSR count). The lowest BCUT2D eigenvalue weighted by atomic mass is 9.89. The normalized spacial score (nSPS) is 17.0. The van der Waals surface area contributed by atoms with E-state index in [0.717, 1.165) is 0 Å². The van der Waals surface area contributed by atoms with Crippen LogP contribution in [0.15, 0.2) is 48.5 Å². The Morgan fingerprint density at radius 1 is 1.19 bits per heavy atom. The second kappa shape index (κ2) is 5.70. The largest absolute Gasteiger partial charge is 0.492 e. The third kappa shape index (κ3) is 2.83. The molecule has 2 aromatic carbocycles. The first kappa shape index (κ1) is 13.8. The van der Waals surface area contributed by atoms with Gasteiger partial charge in [-0.3, -0.25) is 9.59 Å². The third-order valence-electron chi connectivity index (χ3n) is 3.55. The number of hydrogen-bond acceptors (Lipinski definition) is 3. The Bertz CT molecular complexity index is 694. The zero-order valence-corrected chi connectivity index (χ0v) is 12.0. The molecule has 0 aromatic heterocycles. The summed E-state index contributed by atoms with van der Waals surface area (Å²) in [5, 5.41) is 0.487. The molecule has 1 aliphatic heterocycles. The molecule has 21 heavy (non-hydrogen) atoms. The van der Waals surface area contributed by atoms with Gasteiger partial charge in [0.2, 0.25) is 0 Å². The molecule has 0 saturated heterocycles. The van der Waals surface area contributed by atoms with Crippen LogP contribution in [0.5, 0.6) is 5.75 Å². The van der Waals surface area contributed by atoms with Crippen LogP contribution in [0.4, 0.5) is 0 Å². The van der Waals surface area contributed by atoms with Gasteiger partial charge in [-0.2, -0.15) is 0 Å². The first-order chi connectivity index (χ1) is 10.1. The maximum Gasteiger partial charge on any atom is 0.173 e. The molecule has 0 N–H and O–H groups in total. The lowest BCUT2D eigenvalue weighted by Crippen LogP contribution is -2.29. The van der Waals surface area contributed by atoms with Gasteiger partial charge in [-0.1, -0.05) is 41.9 Å². The van der Waals surface area contributed by atoms with E-state index in [9.17, 15) is 9.59 Å². The van der Waals surface area contributed by atoms with Crippen molar-refractivity contribution < 1.29 is 14.3 Å². The van der Waals surface area contributed by atoms with E-state index in [1.54, 1.807) is 30.3 Å². The molecule has 0 saturated carbocycles. The minimum Gasteiger partial charge on any atom is -0.492 e. The standard InChI is InChI=1S/C17H13ClO3/c18-13-6-7-16-14(9-13)17(20)12(10-21-16)8-15(19)11-4-2-1-3-5-11/h1-7,9,12H,8,10H2. The number of carbonyl (C=O) groups is 2. The number of carbonyl (C=O) groups excluding carboxylic acids is 2. The number of ketones is 2. The Morgan fingerprint density at radius 3 is 2.71 bits per heavy atom. The van der Waals surface area contributed by atoms with Gasteiger partial charge in [0, 0.05) is 17.0 Å². The molecular formula is C17H13ClO3. The van der Waals surface area contributed by atoms with E-state index >= 15 is 0 Å². The fraction of sp³-hybridized carbons (Fsp3) is 0.176. The lowest BCUT2D eigenvalue weighted by Gasteiger charge is -2.23. The van der Waals surface area contributed by atoms with E-state index in [4.69, 9.17) is 16.3 Å². The van der Waals surface area contributed by atoms with Crippen molar-refractivity contribution in [2.75, 3.05) is 6.61 Å². The van der Waals surface area contributed by atoms with E-state index < -0.39 is 5.92 Å². The molecule has 0 radical (unpaired) electrons. The van der Waals surface area contributed by atoms with E-state index in [1.165, 1.54) is 0 Å². The van der Waals surface area contributed by atoms with Crippen molar-refractivity contribution >= 4 is 23.2 Å². The molecule has 3 nitrogen and oxygen atoms in total. The number of benzene rings is 2. The van der Waals surface area contributed by atoms with Gasteiger partial charge >= 0.3 is 0 Å². The fourth-order valence-corrected chi connectivity index (χ4v) is 2.60. The molecule has 0 fully saturated rings. The molecule has 1 aliphatic rings. The first-order valence-corrected chi connectivity index (χ1v) is 7.08. The SMILES string of the molecule is O=C(CC1COc2ccc(Cl)cc2C1=O)c1ccccc1. The molecule has 4 heteroatoms. The minimum absolute atomic E-state index is 0.0528. The highest BCUT2D eigenvalue weighted by atomic mass is 35.5. The molecule has 1 heterocycles. The van der Waals surface area contributed by atoms with Gasteiger partial charge in [0.1, 0.15) is 5.75 Å². The summed E-state index contributed by atoms with van der Waals surface area (Å²) in [6, 6.07) is 13.9. The van der Waals surface area contributed by atoms with Crippen LogP contribution in [0.1, 0.15) is 27.1 Å². The predicted octanol–water partition coefficient (Wildman–Crippen LogP) is 3.80. The van der Waals surface area contributed by atoms with Crippen molar-refractivity contribution in [2.24, 2.45) is 5.92 Å². The summed E-state index contributed by atoms with van der Waals surface area (Å²) >= 11 is 5.92. The van der Waals surface area contributed by atoms with Gasteiger partial charge in [0.25, 0.3) is 0 Å². The summed E-state index contributed by atoms with van der Waals surface area (Å²) in [5.41, 5.74) is 1.07. The van der Waals surface area contributed by atoms with E-state index in [-0.39, 0.29) is 24.6 Å². The molecule has 0 bridgehead atoms. The van der Waals surface area contributed by atoms with Gasteiger partial charge in [-0.15, -0.1) is 0 Å². The van der Waals surface area contributed by atoms with E-state index in [0.29, 0.717) is 21.9 Å². The Balaban J connectivity index is 1.79. The molecular weight excluding hydrogens is 288 g/mol. The Kier molecular flexibility index (Phi) is 3.76. The van der Waals surface area contributed by atoms with Gasteiger partial charge in [0.15, 0.2) is 11.6 Å². The second-order valence-electron chi connectivity index (χ2n) is 5.01. The van der Waals surface area contributed by atoms with E-state index in [1.807, 2.05) is 18.2 Å². The molecule has 2 aromatic rings. The summed E-state index contributed by atoms with van der Waals surface area (Å²) in [4.78, 5) is 24.6. The van der Waals surface area contributed by atoms with Gasteiger partial charge in [-0.25, -0.2) is 0 Å². The van der Waals surface area contributed by atoms with Gasteiger partial charge in [-0.05, 0) is 18.2 Å². The van der Waals surface area contributed by atoms with Crippen molar-refractivity contribution in [2.45, 2.75) is 6.42 Å². The molecule has 0 amide bonds. The Labute approximate surface area is 127 Å². The van der Waals surface area contributed by atoms with Gasteiger partial charge < -0.3 is 4.74 Å². The first-order valence-electron chi connectivity index (χ1n) is 6.70. The summed E-state index contributed by atoms with van der Waals surface area (Å²) in [6.45, 7) is 0.228. The summed E-state index contributed by atoms with van der Waals surface area (Å²) in [7, 11) is 0. The summed E-state index contributed by atoms with van der Waals surface area (Å²) < 4.78 is 5.57. The predicted molar refractivity (Wildman–Crippen MR) is 80.2 cm³/mol. The average molecular weight is 301 g/mol. The fourth-order valence-electron chi connectivity index (χ4n) is 2.42. The summed E-state index contributed by atoms with van der Waals surface area (Å²) in [6.07, 6.45) is 0.148. The smallest absolute Gasteiger partial charge is 0.173 e. The third-order valence-corrected chi connectivity index (χ3v) is 3.78. The minimum atomic E-state index is -0.455. The Hall–Kier alpha value is -2.13. The molecule has 106 valence electrons. The second-order valence-corrected chi connectivity index (χ2v) is 5.44. The van der Waals surface area contributed by atoms with Crippen LogP contribution in [0.25, 0.3) is 0 Å². The number of ether oxygens (including phenoxy) is 1. The van der Waals surface area contributed by atoms with Crippen molar-refractivity contribution in [1.29, 1.82) is 0 Å². The van der Waals surface area contributed by atoms with Crippen molar-refractivity contribution in [1.82, 2.24) is 0 Å². The van der Waals surface area contributed by atoms with Crippen LogP contribution in [0.3, 0.4) is 0 Å². The molecule has 1 atom stereocenters. The average Bonchev–Trinajstić information content (AvgIpc) is 2.51. The maximum absolute atomic E-state index is 12.4. The highest BCUT2D eigenvalue weighted by molar-refractivity contribution is 6.31. The quantitative estimate of drug-likeness (QED) is 0.810. The van der Waals surface area contributed by atoms with Crippen molar-refractivity contribution in [3.8, 4) is 5.75 Å². The summed E-state index contributed by atoms with van der Waals surface area (Å²) in [5.74, 6) is -0.0532. The maximum atomic E-state index is 12.4. The van der Waals surface area contributed by atoms with Crippen LogP contribution in [0, 0.1) is 5.92 Å². The number of halogens is 1. The Morgan fingerprint density at radius 2 is 1.95 bits per heavy atom. The molecule has 0 aliphatic carbocycles. The monoisotopic (exact) mass is 300 g/mol. The van der Waals surface area contributed by atoms with Crippen molar-refractivity contribution in [3.05, 3.63) is 64.7 Å². The lowest BCUT2D eigenvalue weighted by molar-refractivity contribution is 0.0768. The van der Waals surface area contributed by atoms with Crippen LogP contribution in [-0.2, 0) is 0 Å². The van der Waals surface area contributed by atoms with Crippen molar-refractivity contribution in [3.63, 3.8) is 0 Å². The molecule has 1 unspecified atom stereocenters. The van der Waals surface area contributed by atoms with Crippen LogP contribution < -0.4 is 4.74 Å². The molecule has 0 spiro atoms. The van der Waals surface area contributed by atoms with E-state index in [2.05, 4.69) is 0 Å². The highest BCUT2D eigenvalue weighted by Gasteiger charge is 2.30. The van der Waals surface area contributed by atoms with Crippen LogP contribution in [0.2, 0.25) is 5.02 Å². The van der Waals surface area contributed by atoms with Crippen LogP contribution >= 0.6 is 11.6 Å². The number of Topliss-reactive ketones (excluding diaryl/α,β-unsaturated/α-hetero) is 2. The highest BCUT2D eigenvalue weighted by Crippen LogP contribution is 2.31. The number of hydrogen-bond donors (Lipinski definition) is 0. The topological polar surface area (TPSA) is 43.4 Å². The van der Waals surface area contributed by atoms with Gasteiger partial charge in [0.05, 0.1) is 18.1 Å². The number of rotatable bonds is 3. The van der Waals surface area contributed by atoms with Crippen LogP contribution in [-0.4, -0.2) is 18.2 Å². The number of fused-ring (bicyclic) bond motifs is 1. The zero-order chi connectivity index (χ0) is 14.8. The zero-order valence-electron chi connectivity index (χ0n) is 11.2.